The van der Waals surface area contributed by atoms with Crippen LogP contribution in [0.5, 0.6) is 5.75 Å². The van der Waals surface area contributed by atoms with Gasteiger partial charge in [0.15, 0.2) is 0 Å². The maximum absolute atomic E-state index is 11.2. The number of allylic oxidation sites excluding steroid dienone is 1. The van der Waals surface area contributed by atoms with Crippen LogP contribution in [-0.2, 0) is 17.3 Å². The smallest absolute Gasteiger partial charge is 0.123 e. The van der Waals surface area contributed by atoms with Crippen molar-refractivity contribution < 1.29 is 5.11 Å². The third-order valence-electron chi connectivity index (χ3n) is 7.98. The van der Waals surface area contributed by atoms with Crippen LogP contribution >= 0.6 is 0 Å². The molecule has 3 aromatic carbocycles. The van der Waals surface area contributed by atoms with Crippen LogP contribution in [-0.4, -0.2) is 11.1 Å². The van der Waals surface area contributed by atoms with E-state index >= 15 is 0 Å². The first-order valence-corrected chi connectivity index (χ1v) is 14.7. The number of para-hydroxylation sites is 1. The highest BCUT2D eigenvalue weighted by Gasteiger charge is 2.27. The minimum absolute atomic E-state index is 0.124. The summed E-state index contributed by atoms with van der Waals surface area (Å²) < 4.78 is 0. The van der Waals surface area contributed by atoms with E-state index in [2.05, 4.69) is 119 Å². The molecule has 4 rings (SSSR count). The van der Waals surface area contributed by atoms with Gasteiger partial charge >= 0.3 is 0 Å². The molecule has 0 bridgehead atoms. The topological polar surface area (TPSA) is 35.5 Å². The Balaban J connectivity index is 1.57. The van der Waals surface area contributed by atoms with Gasteiger partial charge in [-0.1, -0.05) is 97.7 Å². The number of benzene rings is 3. The van der Waals surface area contributed by atoms with Crippen molar-refractivity contribution in [3.8, 4) is 5.75 Å². The van der Waals surface area contributed by atoms with Crippen molar-refractivity contribution in [3.05, 3.63) is 95.7 Å². The van der Waals surface area contributed by atoms with Gasteiger partial charge in [-0.05, 0) is 89.6 Å². The van der Waals surface area contributed by atoms with Crippen LogP contribution in [0.4, 0.5) is 17.1 Å². The molecule has 3 nitrogen and oxygen atoms in total. The molecule has 1 fully saturated rings. The average Bonchev–Trinajstić information content (AvgIpc) is 2.89. The van der Waals surface area contributed by atoms with Gasteiger partial charge in [0.05, 0.1) is 0 Å². The maximum Gasteiger partial charge on any atom is 0.123 e. The normalized spacial score (nSPS) is 14.7. The van der Waals surface area contributed by atoms with Crippen LogP contribution in [0, 0.1) is 0 Å². The minimum atomic E-state index is -0.124. The van der Waals surface area contributed by atoms with Crippen LogP contribution < -0.4 is 10.2 Å². The van der Waals surface area contributed by atoms with Crippen molar-refractivity contribution in [2.24, 2.45) is 0 Å². The molecule has 0 radical (unpaired) electrons. The number of anilines is 3. The van der Waals surface area contributed by atoms with Crippen molar-refractivity contribution in [3.63, 3.8) is 0 Å². The molecule has 0 heterocycles. The van der Waals surface area contributed by atoms with E-state index in [4.69, 9.17) is 0 Å². The quantitative estimate of drug-likeness (QED) is 0.308. The molecule has 0 spiro atoms. The standard InChI is InChI=1S/C36H48N2O/c1-26(18-19-27-24-32(35(2,3)4)34(39)33(25-27)36(5,6)7)38(30-16-12-9-13-17-30)31-22-20-29(21-23-31)37-28-14-10-8-11-15-28/h8,10-11,14-15,20-25,30,37,39H,1,9,12-13,16-19H2,2-7H3. The summed E-state index contributed by atoms with van der Waals surface area (Å²) in [7, 11) is 0. The monoisotopic (exact) mass is 524 g/mol. The molecule has 3 heteroatoms. The summed E-state index contributed by atoms with van der Waals surface area (Å²) in [5.41, 5.74) is 7.67. The molecule has 39 heavy (non-hydrogen) atoms. The van der Waals surface area contributed by atoms with Crippen molar-refractivity contribution in [1.82, 2.24) is 0 Å². The zero-order valence-corrected chi connectivity index (χ0v) is 25.0. The first kappa shape index (κ1) is 28.8. The van der Waals surface area contributed by atoms with E-state index in [1.807, 2.05) is 6.07 Å². The van der Waals surface area contributed by atoms with Crippen LogP contribution in [0.15, 0.2) is 79.0 Å². The highest BCUT2D eigenvalue weighted by atomic mass is 16.3. The summed E-state index contributed by atoms with van der Waals surface area (Å²) in [6, 6.07) is 24.1. The Morgan fingerprint density at radius 1 is 0.821 bits per heavy atom. The molecule has 1 saturated carbocycles. The fourth-order valence-electron chi connectivity index (χ4n) is 5.78. The van der Waals surface area contributed by atoms with Gasteiger partial charge in [0.2, 0.25) is 0 Å². The Hall–Kier alpha value is -3.20. The van der Waals surface area contributed by atoms with Gasteiger partial charge in [-0.3, -0.25) is 0 Å². The second kappa shape index (κ2) is 11.9. The number of nitrogens with zero attached hydrogens (tertiary/aromatic N) is 1. The van der Waals surface area contributed by atoms with Gasteiger partial charge in [-0.2, -0.15) is 0 Å². The van der Waals surface area contributed by atoms with Crippen LogP contribution in [0.2, 0.25) is 0 Å². The molecule has 0 unspecified atom stereocenters. The fourth-order valence-corrected chi connectivity index (χ4v) is 5.78. The summed E-state index contributed by atoms with van der Waals surface area (Å²) >= 11 is 0. The third-order valence-corrected chi connectivity index (χ3v) is 7.98. The van der Waals surface area contributed by atoms with E-state index in [0.717, 1.165) is 35.3 Å². The minimum Gasteiger partial charge on any atom is -0.507 e. The summed E-state index contributed by atoms with van der Waals surface area (Å²) in [5, 5.41) is 14.7. The van der Waals surface area contributed by atoms with Gasteiger partial charge in [0.25, 0.3) is 0 Å². The van der Waals surface area contributed by atoms with Gasteiger partial charge in [-0.15, -0.1) is 0 Å². The lowest BCUT2D eigenvalue weighted by Crippen LogP contribution is -2.36. The van der Waals surface area contributed by atoms with Crippen molar-refractivity contribution in [2.45, 2.75) is 103 Å². The van der Waals surface area contributed by atoms with E-state index in [9.17, 15) is 5.11 Å². The number of aryl methyl sites for hydroxylation is 1. The van der Waals surface area contributed by atoms with Gasteiger partial charge in [0, 0.05) is 28.8 Å². The van der Waals surface area contributed by atoms with Crippen molar-refractivity contribution in [2.75, 3.05) is 10.2 Å². The van der Waals surface area contributed by atoms with Gasteiger partial charge in [0.1, 0.15) is 5.75 Å². The summed E-state index contributed by atoms with van der Waals surface area (Å²) in [6.45, 7) is 17.7. The number of aromatic hydroxyl groups is 1. The Kier molecular flexibility index (Phi) is 8.79. The van der Waals surface area contributed by atoms with Crippen LogP contribution in [0.3, 0.4) is 0 Å². The van der Waals surface area contributed by atoms with Gasteiger partial charge < -0.3 is 15.3 Å². The molecular weight excluding hydrogens is 476 g/mol. The number of hydrogen-bond donors (Lipinski definition) is 2. The summed E-state index contributed by atoms with van der Waals surface area (Å²) in [5.74, 6) is 0.450. The molecule has 1 aliphatic carbocycles. The lowest BCUT2D eigenvalue weighted by Gasteiger charge is -2.38. The molecule has 3 aromatic rings. The highest BCUT2D eigenvalue weighted by Crippen LogP contribution is 2.40. The molecule has 208 valence electrons. The lowest BCUT2D eigenvalue weighted by atomic mass is 9.78. The fraction of sp³-hybridized carbons (Fsp3) is 0.444. The second-order valence-electron chi connectivity index (χ2n) is 13.3. The molecule has 1 aliphatic rings. The Labute approximate surface area is 237 Å². The molecule has 0 atom stereocenters. The van der Waals surface area contributed by atoms with Gasteiger partial charge in [-0.25, -0.2) is 0 Å². The molecule has 0 aromatic heterocycles. The number of rotatable bonds is 8. The predicted molar refractivity (Wildman–Crippen MR) is 168 cm³/mol. The van der Waals surface area contributed by atoms with Crippen LogP contribution in [0.25, 0.3) is 0 Å². The summed E-state index contributed by atoms with van der Waals surface area (Å²) in [4.78, 5) is 2.52. The molecule has 2 N–H and O–H groups in total. The highest BCUT2D eigenvalue weighted by molar-refractivity contribution is 5.64. The van der Waals surface area contributed by atoms with Crippen molar-refractivity contribution >= 4 is 17.1 Å². The molecule has 0 aliphatic heterocycles. The van der Waals surface area contributed by atoms with E-state index in [0.29, 0.717) is 11.8 Å². The Bertz CT molecular complexity index is 1200. The first-order valence-electron chi connectivity index (χ1n) is 14.7. The number of nitrogens with one attached hydrogen (secondary N) is 1. The zero-order valence-electron chi connectivity index (χ0n) is 25.0. The average molecular weight is 525 g/mol. The van der Waals surface area contributed by atoms with E-state index in [1.165, 1.54) is 49.1 Å². The zero-order chi connectivity index (χ0) is 28.2. The largest absolute Gasteiger partial charge is 0.507 e. The van der Waals surface area contributed by atoms with E-state index in [-0.39, 0.29) is 10.8 Å². The Morgan fingerprint density at radius 3 is 1.90 bits per heavy atom. The molecule has 0 saturated heterocycles. The Morgan fingerprint density at radius 2 is 1.36 bits per heavy atom. The van der Waals surface area contributed by atoms with Crippen molar-refractivity contribution in [1.29, 1.82) is 0 Å². The SMILES string of the molecule is C=C(CCc1cc(C(C)(C)C)c(O)c(C(C)(C)C)c1)N(c1ccc(Nc2ccccc2)cc1)C1CCCCC1. The number of hydrogen-bond acceptors (Lipinski definition) is 3. The summed E-state index contributed by atoms with van der Waals surface area (Å²) in [6.07, 6.45) is 8.11. The lowest BCUT2D eigenvalue weighted by molar-refractivity contribution is 0.422. The first-order chi connectivity index (χ1) is 18.4. The molecule has 0 amide bonds. The maximum atomic E-state index is 11.2. The van der Waals surface area contributed by atoms with E-state index < -0.39 is 0 Å². The third kappa shape index (κ3) is 7.26. The molecular formula is C36H48N2O. The predicted octanol–water partition coefficient (Wildman–Crippen LogP) is 10.0. The van der Waals surface area contributed by atoms with E-state index in [1.54, 1.807) is 0 Å². The number of phenols is 1. The van der Waals surface area contributed by atoms with Crippen LogP contribution in [0.1, 0.15) is 96.8 Å². The second-order valence-corrected chi connectivity index (χ2v) is 13.3. The number of phenolic OH excluding ortho intramolecular Hbond substituents is 1.